The molecule has 4 rings (SSSR count). The molecule has 0 saturated heterocycles. The van der Waals surface area contributed by atoms with Gasteiger partial charge in [0.05, 0.1) is 6.10 Å². The molecule has 0 aliphatic heterocycles. The van der Waals surface area contributed by atoms with Crippen molar-refractivity contribution in [3.05, 3.63) is 70.4 Å². The Labute approximate surface area is 203 Å². The number of hydrogen-bond acceptors (Lipinski definition) is 5. The maximum absolute atomic E-state index is 15.2. The number of pyridine rings is 1. The molecule has 6 nitrogen and oxygen atoms in total. The van der Waals surface area contributed by atoms with Gasteiger partial charge in [0.2, 0.25) is 0 Å². The zero-order valence-corrected chi connectivity index (χ0v) is 20.0. The van der Waals surface area contributed by atoms with Gasteiger partial charge in [-0.25, -0.2) is 14.4 Å². The minimum Gasteiger partial charge on any atom is -0.490 e. The van der Waals surface area contributed by atoms with Gasteiger partial charge in [0.15, 0.2) is 11.0 Å². The van der Waals surface area contributed by atoms with Crippen molar-refractivity contribution in [1.29, 1.82) is 0 Å². The summed E-state index contributed by atoms with van der Waals surface area (Å²) in [6, 6.07) is 3.46. The van der Waals surface area contributed by atoms with Gasteiger partial charge < -0.3 is 10.5 Å². The first-order chi connectivity index (χ1) is 16.4. The number of aromatic nitrogens is 4. The first-order valence-corrected chi connectivity index (χ1v) is 11.1. The molecule has 0 saturated carbocycles. The van der Waals surface area contributed by atoms with Gasteiger partial charge in [0.1, 0.15) is 28.6 Å². The third-order valence-corrected chi connectivity index (χ3v) is 5.89. The smallest absolute Gasteiger partial charge is 0.433 e. The van der Waals surface area contributed by atoms with Crippen LogP contribution in [0.15, 0.2) is 36.8 Å². The Bertz CT molecular complexity index is 1400. The number of nitrogens with zero attached hydrogens (tertiary/aromatic N) is 4. The Kier molecular flexibility index (Phi) is 6.35. The summed E-state index contributed by atoms with van der Waals surface area (Å²) in [4.78, 5) is 12.0. The molecule has 184 valence electrons. The lowest BCUT2D eigenvalue weighted by atomic mass is 9.90. The molecular formula is C24H22ClF4N5O. The standard InChI is InChI=1S/C24H22ClF4N5O/c1-11(2)35-20-15(12(3)23-33-21(25)19-22(30)31-7-8-34(19)23)9-16(26)13(4)18(20)14-5-6-17(32-10-14)24(27,28)29/h5-12H,1-4H3,(H2,30,31). The number of anilines is 1. The Hall–Kier alpha value is -3.40. The van der Waals surface area contributed by atoms with Crippen LogP contribution < -0.4 is 10.5 Å². The topological polar surface area (TPSA) is 78.3 Å². The van der Waals surface area contributed by atoms with Crippen LogP contribution in [0.4, 0.5) is 23.4 Å². The molecule has 0 aliphatic rings. The third kappa shape index (κ3) is 4.50. The lowest BCUT2D eigenvalue weighted by Gasteiger charge is -2.24. The van der Waals surface area contributed by atoms with Crippen molar-refractivity contribution in [2.75, 3.05) is 5.73 Å². The van der Waals surface area contributed by atoms with Crippen LogP contribution in [0.25, 0.3) is 16.6 Å². The van der Waals surface area contributed by atoms with E-state index in [1.165, 1.54) is 25.3 Å². The summed E-state index contributed by atoms with van der Waals surface area (Å²) in [6.07, 6.45) is -0.695. The molecule has 0 aliphatic carbocycles. The summed E-state index contributed by atoms with van der Waals surface area (Å²) < 4.78 is 62.2. The van der Waals surface area contributed by atoms with E-state index in [1.54, 1.807) is 31.4 Å². The number of nitrogen functional groups attached to an aromatic ring is 1. The normalized spacial score (nSPS) is 13.0. The van der Waals surface area contributed by atoms with Crippen molar-refractivity contribution in [2.45, 2.75) is 45.9 Å². The number of hydrogen-bond donors (Lipinski definition) is 1. The van der Waals surface area contributed by atoms with Crippen molar-refractivity contribution < 1.29 is 22.3 Å². The molecular weight excluding hydrogens is 486 g/mol. The van der Waals surface area contributed by atoms with Gasteiger partial charge >= 0.3 is 6.18 Å². The van der Waals surface area contributed by atoms with Gasteiger partial charge in [-0.05, 0) is 38.5 Å². The molecule has 0 fully saturated rings. The number of nitrogens with two attached hydrogens (primary N) is 1. The van der Waals surface area contributed by atoms with Crippen LogP contribution in [-0.4, -0.2) is 25.5 Å². The predicted molar refractivity (Wildman–Crippen MR) is 125 cm³/mol. The highest BCUT2D eigenvalue weighted by atomic mass is 35.5. The van der Waals surface area contributed by atoms with E-state index >= 15 is 4.39 Å². The fourth-order valence-electron chi connectivity index (χ4n) is 3.97. The summed E-state index contributed by atoms with van der Waals surface area (Å²) in [5, 5.41) is 0.142. The second-order valence-electron chi connectivity index (χ2n) is 8.39. The van der Waals surface area contributed by atoms with Crippen molar-refractivity contribution in [1.82, 2.24) is 19.4 Å². The first kappa shape index (κ1) is 24.7. The van der Waals surface area contributed by atoms with E-state index in [-0.39, 0.29) is 22.6 Å². The summed E-state index contributed by atoms with van der Waals surface area (Å²) in [5.41, 5.74) is 6.61. The Morgan fingerprint density at radius 2 is 1.86 bits per heavy atom. The van der Waals surface area contributed by atoms with E-state index in [9.17, 15) is 13.2 Å². The highest BCUT2D eigenvalue weighted by molar-refractivity contribution is 6.33. The number of benzene rings is 1. The number of alkyl halides is 3. The fraction of sp³-hybridized carbons (Fsp3) is 0.292. The second-order valence-corrected chi connectivity index (χ2v) is 8.74. The van der Waals surface area contributed by atoms with Gasteiger partial charge in [-0.1, -0.05) is 24.6 Å². The first-order valence-electron chi connectivity index (χ1n) is 10.7. The number of ether oxygens (including phenoxy) is 1. The molecule has 0 amide bonds. The van der Waals surface area contributed by atoms with E-state index in [0.29, 0.717) is 33.8 Å². The molecule has 0 bridgehead atoms. The molecule has 1 unspecified atom stereocenters. The fourth-order valence-corrected chi connectivity index (χ4v) is 4.25. The van der Waals surface area contributed by atoms with Crippen molar-refractivity contribution in [3.8, 4) is 16.9 Å². The highest BCUT2D eigenvalue weighted by Crippen LogP contribution is 2.43. The molecule has 2 N–H and O–H groups in total. The van der Waals surface area contributed by atoms with E-state index < -0.39 is 23.6 Å². The average molecular weight is 508 g/mol. The molecule has 35 heavy (non-hydrogen) atoms. The van der Waals surface area contributed by atoms with E-state index in [2.05, 4.69) is 15.0 Å². The van der Waals surface area contributed by atoms with Crippen LogP contribution >= 0.6 is 11.6 Å². The van der Waals surface area contributed by atoms with Gasteiger partial charge in [-0.2, -0.15) is 13.2 Å². The van der Waals surface area contributed by atoms with E-state index in [1.807, 2.05) is 0 Å². The summed E-state index contributed by atoms with van der Waals surface area (Å²) in [5.74, 6) is -0.114. The van der Waals surface area contributed by atoms with Crippen LogP contribution in [0.1, 0.15) is 49.3 Å². The van der Waals surface area contributed by atoms with Crippen LogP contribution in [-0.2, 0) is 6.18 Å². The van der Waals surface area contributed by atoms with Crippen LogP contribution in [0.2, 0.25) is 5.15 Å². The monoisotopic (exact) mass is 507 g/mol. The average Bonchev–Trinajstić information content (AvgIpc) is 3.13. The second kappa shape index (κ2) is 8.99. The molecule has 11 heteroatoms. The van der Waals surface area contributed by atoms with E-state index in [4.69, 9.17) is 22.1 Å². The lowest BCUT2D eigenvalue weighted by Crippen LogP contribution is -2.13. The molecule has 1 atom stereocenters. The Balaban J connectivity index is 1.95. The molecule has 4 aromatic rings. The Morgan fingerprint density at radius 3 is 2.46 bits per heavy atom. The molecule has 1 aromatic carbocycles. The predicted octanol–water partition coefficient (Wildman–Crippen LogP) is 6.43. The number of fused-ring (bicyclic) bond motifs is 1. The Morgan fingerprint density at radius 1 is 1.14 bits per heavy atom. The van der Waals surface area contributed by atoms with Gasteiger partial charge in [-0.3, -0.25) is 9.38 Å². The lowest BCUT2D eigenvalue weighted by molar-refractivity contribution is -0.141. The van der Waals surface area contributed by atoms with Crippen LogP contribution in [0.5, 0.6) is 5.75 Å². The maximum Gasteiger partial charge on any atom is 0.433 e. The van der Waals surface area contributed by atoms with Crippen molar-refractivity contribution in [3.63, 3.8) is 0 Å². The van der Waals surface area contributed by atoms with Crippen LogP contribution in [0, 0.1) is 12.7 Å². The van der Waals surface area contributed by atoms with E-state index in [0.717, 1.165) is 12.3 Å². The molecule has 0 spiro atoms. The maximum atomic E-state index is 15.2. The molecule has 3 aromatic heterocycles. The largest absolute Gasteiger partial charge is 0.490 e. The zero-order chi connectivity index (χ0) is 25.7. The number of rotatable bonds is 5. The summed E-state index contributed by atoms with van der Waals surface area (Å²) in [7, 11) is 0. The van der Waals surface area contributed by atoms with Crippen molar-refractivity contribution in [2.24, 2.45) is 0 Å². The minimum atomic E-state index is -4.59. The minimum absolute atomic E-state index is 0.142. The summed E-state index contributed by atoms with van der Waals surface area (Å²) >= 11 is 6.32. The van der Waals surface area contributed by atoms with Gasteiger partial charge in [0, 0.05) is 41.2 Å². The summed E-state index contributed by atoms with van der Waals surface area (Å²) in [6.45, 7) is 6.94. The zero-order valence-electron chi connectivity index (χ0n) is 19.3. The number of halogens is 5. The van der Waals surface area contributed by atoms with Gasteiger partial charge in [0.25, 0.3) is 0 Å². The molecule has 0 radical (unpaired) electrons. The van der Waals surface area contributed by atoms with Gasteiger partial charge in [-0.15, -0.1) is 0 Å². The SMILES string of the molecule is Cc1c(F)cc(C(C)c2nc(Cl)c3c(N)nccn23)c(OC(C)C)c1-c1ccc(C(F)(F)F)nc1. The molecule has 3 heterocycles. The third-order valence-electron chi connectivity index (χ3n) is 5.62. The number of imidazole rings is 1. The quantitative estimate of drug-likeness (QED) is 0.315. The highest BCUT2D eigenvalue weighted by Gasteiger charge is 2.33. The van der Waals surface area contributed by atoms with Crippen molar-refractivity contribution >= 4 is 22.9 Å². The van der Waals surface area contributed by atoms with Crippen LogP contribution in [0.3, 0.4) is 0 Å².